The number of aromatic nitrogens is 2. The van der Waals surface area contributed by atoms with Gasteiger partial charge < -0.3 is 9.47 Å². The lowest BCUT2D eigenvalue weighted by Gasteiger charge is -2.16. The van der Waals surface area contributed by atoms with Crippen molar-refractivity contribution in [3.05, 3.63) is 73.4 Å². The van der Waals surface area contributed by atoms with Crippen molar-refractivity contribution >= 4 is 38.9 Å². The van der Waals surface area contributed by atoms with Crippen molar-refractivity contribution in [2.24, 2.45) is 0 Å². The molecule has 0 aliphatic carbocycles. The standard InChI is InChI=1S/C16H13BrN4O3S/c1-19(9-12-3-5-15(17)25-12)16(22)11-2-4-13(14(8-11)21(23)24)20-7-6-18-10-20/h2-8,10H,9H2,1H3. The number of nitro benzene ring substituents is 1. The van der Waals surface area contributed by atoms with Gasteiger partial charge in [0, 0.05) is 35.9 Å². The van der Waals surface area contributed by atoms with E-state index in [1.807, 2.05) is 12.1 Å². The molecule has 0 N–H and O–H groups in total. The predicted octanol–water partition coefficient (Wildman–Crippen LogP) is 3.88. The first-order chi connectivity index (χ1) is 12.0. The van der Waals surface area contributed by atoms with Gasteiger partial charge in [-0.1, -0.05) is 0 Å². The lowest BCUT2D eigenvalue weighted by Crippen LogP contribution is -2.25. The Kier molecular flexibility index (Phi) is 4.95. The first-order valence-electron chi connectivity index (χ1n) is 7.22. The zero-order chi connectivity index (χ0) is 18.0. The van der Waals surface area contributed by atoms with Gasteiger partial charge in [0.15, 0.2) is 0 Å². The topological polar surface area (TPSA) is 81.3 Å². The lowest BCUT2D eigenvalue weighted by molar-refractivity contribution is -0.384. The van der Waals surface area contributed by atoms with Gasteiger partial charge in [-0.05, 0) is 40.2 Å². The van der Waals surface area contributed by atoms with Crippen LogP contribution < -0.4 is 0 Å². The molecular formula is C16H13BrN4O3S. The highest BCUT2D eigenvalue weighted by atomic mass is 79.9. The molecule has 25 heavy (non-hydrogen) atoms. The zero-order valence-corrected chi connectivity index (χ0v) is 15.5. The summed E-state index contributed by atoms with van der Waals surface area (Å²) >= 11 is 4.93. The third-order valence-corrected chi connectivity index (χ3v) is 5.18. The van der Waals surface area contributed by atoms with Crippen LogP contribution in [0.3, 0.4) is 0 Å². The van der Waals surface area contributed by atoms with Crippen LogP contribution in [0.2, 0.25) is 0 Å². The first kappa shape index (κ1) is 17.3. The monoisotopic (exact) mass is 420 g/mol. The normalized spacial score (nSPS) is 10.6. The van der Waals surface area contributed by atoms with Gasteiger partial charge in [-0.2, -0.15) is 0 Å². The Labute approximate surface area is 155 Å². The molecule has 9 heteroatoms. The molecule has 7 nitrogen and oxygen atoms in total. The van der Waals surface area contributed by atoms with E-state index >= 15 is 0 Å². The molecule has 0 aliphatic rings. The van der Waals surface area contributed by atoms with Crippen LogP contribution in [0.15, 0.2) is 52.8 Å². The molecule has 0 radical (unpaired) electrons. The molecule has 0 unspecified atom stereocenters. The fourth-order valence-electron chi connectivity index (χ4n) is 2.39. The summed E-state index contributed by atoms with van der Waals surface area (Å²) in [5.74, 6) is -0.273. The molecule has 3 rings (SSSR count). The number of benzene rings is 1. The highest BCUT2D eigenvalue weighted by Gasteiger charge is 2.20. The average Bonchev–Trinajstić information content (AvgIpc) is 3.25. The van der Waals surface area contributed by atoms with Gasteiger partial charge in [0.05, 0.1) is 21.6 Å². The van der Waals surface area contributed by atoms with Crippen molar-refractivity contribution in [2.75, 3.05) is 7.05 Å². The van der Waals surface area contributed by atoms with Crippen molar-refractivity contribution in [3.8, 4) is 5.69 Å². The van der Waals surface area contributed by atoms with Crippen molar-refractivity contribution in [3.63, 3.8) is 0 Å². The minimum absolute atomic E-state index is 0.142. The van der Waals surface area contributed by atoms with Gasteiger partial charge in [0.1, 0.15) is 5.69 Å². The maximum atomic E-state index is 12.6. The largest absolute Gasteiger partial charge is 0.337 e. The van der Waals surface area contributed by atoms with Crippen molar-refractivity contribution in [2.45, 2.75) is 6.54 Å². The van der Waals surface area contributed by atoms with E-state index in [0.29, 0.717) is 12.2 Å². The highest BCUT2D eigenvalue weighted by Crippen LogP contribution is 2.26. The fraction of sp³-hybridized carbons (Fsp3) is 0.125. The minimum Gasteiger partial charge on any atom is -0.337 e. The van der Waals surface area contributed by atoms with E-state index in [0.717, 1.165) is 8.66 Å². The summed E-state index contributed by atoms with van der Waals surface area (Å²) in [7, 11) is 1.67. The third kappa shape index (κ3) is 3.77. The summed E-state index contributed by atoms with van der Waals surface area (Å²) in [5, 5.41) is 11.4. The van der Waals surface area contributed by atoms with Gasteiger partial charge in [0.25, 0.3) is 11.6 Å². The number of hydrogen-bond donors (Lipinski definition) is 0. The number of nitro groups is 1. The number of nitrogens with zero attached hydrogens (tertiary/aromatic N) is 4. The molecule has 0 aliphatic heterocycles. The van der Waals surface area contributed by atoms with Crippen LogP contribution in [-0.2, 0) is 6.54 Å². The quantitative estimate of drug-likeness (QED) is 0.463. The second-order valence-corrected chi connectivity index (χ2v) is 7.85. The molecule has 128 valence electrons. The smallest absolute Gasteiger partial charge is 0.294 e. The Morgan fingerprint density at radius 3 is 2.80 bits per heavy atom. The Balaban J connectivity index is 1.87. The molecule has 0 fully saturated rings. The molecule has 1 aromatic carbocycles. The van der Waals surface area contributed by atoms with Crippen LogP contribution in [0.1, 0.15) is 15.2 Å². The van der Waals surface area contributed by atoms with E-state index in [-0.39, 0.29) is 17.2 Å². The number of amides is 1. The maximum Gasteiger partial charge on any atom is 0.294 e. The van der Waals surface area contributed by atoms with Crippen LogP contribution in [0.4, 0.5) is 5.69 Å². The summed E-state index contributed by atoms with van der Waals surface area (Å²) in [4.78, 5) is 30.0. The highest BCUT2D eigenvalue weighted by molar-refractivity contribution is 9.11. The van der Waals surface area contributed by atoms with Crippen molar-refractivity contribution in [1.82, 2.24) is 14.5 Å². The van der Waals surface area contributed by atoms with Gasteiger partial charge in [0.2, 0.25) is 0 Å². The number of imidazole rings is 1. The van der Waals surface area contributed by atoms with Gasteiger partial charge in [-0.3, -0.25) is 14.9 Å². The first-order valence-corrected chi connectivity index (χ1v) is 8.83. The van der Waals surface area contributed by atoms with Crippen molar-refractivity contribution < 1.29 is 9.72 Å². The number of hydrogen-bond acceptors (Lipinski definition) is 5. The van der Waals surface area contributed by atoms with Crippen LogP contribution in [0, 0.1) is 10.1 Å². The molecule has 0 saturated carbocycles. The van der Waals surface area contributed by atoms with E-state index in [4.69, 9.17) is 0 Å². The maximum absolute atomic E-state index is 12.6. The molecule has 0 spiro atoms. The summed E-state index contributed by atoms with van der Waals surface area (Å²) in [6.07, 6.45) is 4.63. The van der Waals surface area contributed by atoms with E-state index in [1.54, 1.807) is 41.3 Å². The second-order valence-electron chi connectivity index (χ2n) is 5.30. The molecule has 0 saturated heterocycles. The second kappa shape index (κ2) is 7.16. The molecule has 0 bridgehead atoms. The Morgan fingerprint density at radius 1 is 1.40 bits per heavy atom. The van der Waals surface area contributed by atoms with Gasteiger partial charge in [-0.25, -0.2) is 4.98 Å². The van der Waals surface area contributed by atoms with Gasteiger partial charge >= 0.3 is 0 Å². The molecule has 2 aromatic heterocycles. The number of carbonyl (C=O) groups excluding carboxylic acids is 1. The molecule has 2 heterocycles. The van der Waals surface area contributed by atoms with Crippen LogP contribution in [0.25, 0.3) is 5.69 Å². The fourth-order valence-corrected chi connectivity index (χ4v) is 3.92. The Bertz CT molecular complexity index is 923. The van der Waals surface area contributed by atoms with E-state index < -0.39 is 4.92 Å². The number of halogens is 1. The number of thiophene rings is 1. The van der Waals surface area contributed by atoms with Crippen LogP contribution in [0.5, 0.6) is 0 Å². The van der Waals surface area contributed by atoms with Crippen LogP contribution in [-0.4, -0.2) is 32.3 Å². The summed E-state index contributed by atoms with van der Waals surface area (Å²) < 4.78 is 2.53. The summed E-state index contributed by atoms with van der Waals surface area (Å²) in [5.41, 5.74) is 0.494. The third-order valence-electron chi connectivity index (χ3n) is 3.57. The van der Waals surface area contributed by atoms with Gasteiger partial charge in [-0.15, -0.1) is 11.3 Å². The van der Waals surface area contributed by atoms with E-state index in [1.165, 1.54) is 23.5 Å². The lowest BCUT2D eigenvalue weighted by atomic mass is 10.1. The predicted molar refractivity (Wildman–Crippen MR) is 98.0 cm³/mol. The van der Waals surface area contributed by atoms with E-state index in [9.17, 15) is 14.9 Å². The van der Waals surface area contributed by atoms with Crippen LogP contribution >= 0.6 is 27.3 Å². The minimum atomic E-state index is -0.498. The van der Waals surface area contributed by atoms with Crippen molar-refractivity contribution in [1.29, 1.82) is 0 Å². The Morgan fingerprint density at radius 2 is 2.20 bits per heavy atom. The number of rotatable bonds is 5. The number of carbonyl (C=O) groups is 1. The molecule has 3 aromatic rings. The zero-order valence-electron chi connectivity index (χ0n) is 13.1. The summed E-state index contributed by atoms with van der Waals surface area (Å²) in [6.45, 7) is 0.437. The Hall–Kier alpha value is -2.52. The molecule has 0 atom stereocenters. The molecule has 1 amide bonds. The SMILES string of the molecule is CN(Cc1ccc(Br)s1)C(=O)c1ccc(-n2ccnc2)c([N+](=O)[O-])c1. The van der Waals surface area contributed by atoms with E-state index in [2.05, 4.69) is 20.9 Å². The molecular weight excluding hydrogens is 408 g/mol. The summed E-state index contributed by atoms with van der Waals surface area (Å²) in [6, 6.07) is 8.30. The average molecular weight is 421 g/mol.